The molecule has 0 saturated heterocycles. The highest BCUT2D eigenvalue weighted by Gasteiger charge is 2.28. The fraction of sp³-hybridized carbons (Fsp3) is 0.364. The smallest absolute Gasteiger partial charge is 0.123 e. The topological polar surface area (TPSA) is 34.0 Å². The fourth-order valence-electron chi connectivity index (χ4n) is 3.78. The third-order valence-corrected chi connectivity index (χ3v) is 5.39. The quantitative estimate of drug-likeness (QED) is 0.644. The Morgan fingerprint density at radius 1 is 0.962 bits per heavy atom. The standard InChI is InChI=1S/C22H26N4/c1-5-16(4)25-14-17-10-6-7-11-18(17)22-21(23-24-26(22)15(2)3)19-12-8-9-13-20(19)25/h6-13,15-16H,5,14H2,1-4H3. The minimum Gasteiger partial charge on any atom is -0.364 e. The minimum absolute atomic E-state index is 0.261. The molecule has 0 radical (unpaired) electrons. The molecule has 2 heterocycles. The highest BCUT2D eigenvalue weighted by atomic mass is 15.4. The van der Waals surface area contributed by atoms with Gasteiger partial charge < -0.3 is 4.90 Å². The number of hydrogen-bond donors (Lipinski definition) is 0. The van der Waals surface area contributed by atoms with Crippen LogP contribution in [0.5, 0.6) is 0 Å². The summed E-state index contributed by atoms with van der Waals surface area (Å²) >= 11 is 0. The van der Waals surface area contributed by atoms with Crippen molar-refractivity contribution in [3.05, 3.63) is 54.1 Å². The summed E-state index contributed by atoms with van der Waals surface area (Å²) in [5.41, 5.74) is 7.09. The number of benzene rings is 2. The van der Waals surface area contributed by atoms with Gasteiger partial charge in [-0.25, -0.2) is 4.68 Å². The SMILES string of the molecule is CCC(C)N1Cc2ccccc2-c2c(nnn2C(C)C)-c2ccccc21. The number of rotatable bonds is 3. The highest BCUT2D eigenvalue weighted by molar-refractivity contribution is 5.88. The summed E-state index contributed by atoms with van der Waals surface area (Å²) in [7, 11) is 0. The minimum atomic E-state index is 0.261. The second-order valence-corrected chi connectivity index (χ2v) is 7.38. The predicted molar refractivity (Wildman–Crippen MR) is 107 cm³/mol. The second kappa shape index (κ2) is 6.60. The van der Waals surface area contributed by atoms with E-state index < -0.39 is 0 Å². The van der Waals surface area contributed by atoms with Crippen LogP contribution in [0.15, 0.2) is 48.5 Å². The molecule has 4 nitrogen and oxygen atoms in total. The lowest BCUT2D eigenvalue weighted by molar-refractivity contribution is 0.519. The molecule has 0 fully saturated rings. The first kappa shape index (κ1) is 16.8. The van der Waals surface area contributed by atoms with E-state index in [0.29, 0.717) is 6.04 Å². The molecule has 26 heavy (non-hydrogen) atoms. The molecule has 0 saturated carbocycles. The van der Waals surface area contributed by atoms with Crippen LogP contribution in [-0.4, -0.2) is 21.0 Å². The van der Waals surface area contributed by atoms with Gasteiger partial charge in [-0.3, -0.25) is 0 Å². The van der Waals surface area contributed by atoms with Crippen LogP contribution in [0.1, 0.15) is 45.7 Å². The molecule has 0 bridgehead atoms. The number of aromatic nitrogens is 3. The largest absolute Gasteiger partial charge is 0.364 e. The number of fused-ring (bicyclic) bond motifs is 5. The van der Waals surface area contributed by atoms with Crippen molar-refractivity contribution in [1.82, 2.24) is 15.0 Å². The number of para-hydroxylation sites is 1. The molecular formula is C22H26N4. The first-order chi connectivity index (χ1) is 12.6. The molecule has 0 spiro atoms. The van der Waals surface area contributed by atoms with E-state index in [0.717, 1.165) is 24.4 Å². The predicted octanol–water partition coefficient (Wildman–Crippen LogP) is 5.31. The van der Waals surface area contributed by atoms with Gasteiger partial charge in [-0.1, -0.05) is 54.6 Å². The molecule has 1 aromatic heterocycles. The van der Waals surface area contributed by atoms with Crippen LogP contribution in [0, 0.1) is 0 Å². The summed E-state index contributed by atoms with van der Waals surface area (Å²) in [6.45, 7) is 9.76. The Bertz CT molecular complexity index is 925. The lowest BCUT2D eigenvalue weighted by Gasteiger charge is -2.34. The average molecular weight is 346 g/mol. The molecule has 0 amide bonds. The van der Waals surface area contributed by atoms with Crippen molar-refractivity contribution in [3.8, 4) is 22.5 Å². The molecule has 1 aliphatic heterocycles. The zero-order valence-corrected chi connectivity index (χ0v) is 16.0. The van der Waals surface area contributed by atoms with Gasteiger partial charge in [0.1, 0.15) is 5.69 Å². The first-order valence-electron chi connectivity index (χ1n) is 9.51. The zero-order valence-electron chi connectivity index (χ0n) is 16.0. The summed E-state index contributed by atoms with van der Waals surface area (Å²) in [5, 5.41) is 9.14. The molecule has 3 aromatic rings. The fourth-order valence-corrected chi connectivity index (χ4v) is 3.78. The Balaban J connectivity index is 2.06. The van der Waals surface area contributed by atoms with Gasteiger partial charge in [0, 0.05) is 35.4 Å². The Labute approximate surface area is 155 Å². The lowest BCUT2D eigenvalue weighted by Crippen LogP contribution is -2.33. The molecule has 134 valence electrons. The van der Waals surface area contributed by atoms with Gasteiger partial charge in [0.05, 0.1) is 5.69 Å². The summed E-state index contributed by atoms with van der Waals surface area (Å²) in [6.07, 6.45) is 1.10. The summed E-state index contributed by atoms with van der Waals surface area (Å²) in [4.78, 5) is 2.51. The van der Waals surface area contributed by atoms with Crippen molar-refractivity contribution < 1.29 is 0 Å². The van der Waals surface area contributed by atoms with Crippen molar-refractivity contribution in [2.24, 2.45) is 0 Å². The number of nitrogens with zero attached hydrogens (tertiary/aromatic N) is 4. The van der Waals surface area contributed by atoms with E-state index in [1.165, 1.54) is 22.4 Å². The van der Waals surface area contributed by atoms with Crippen molar-refractivity contribution in [1.29, 1.82) is 0 Å². The van der Waals surface area contributed by atoms with Crippen LogP contribution in [0.25, 0.3) is 22.5 Å². The van der Waals surface area contributed by atoms with Crippen LogP contribution in [0.4, 0.5) is 5.69 Å². The van der Waals surface area contributed by atoms with E-state index in [-0.39, 0.29) is 6.04 Å². The Hall–Kier alpha value is -2.62. The Kier molecular flexibility index (Phi) is 4.27. The number of anilines is 1. The van der Waals surface area contributed by atoms with Crippen molar-refractivity contribution in [2.75, 3.05) is 4.90 Å². The second-order valence-electron chi connectivity index (χ2n) is 7.38. The van der Waals surface area contributed by atoms with Crippen LogP contribution in [0.2, 0.25) is 0 Å². The van der Waals surface area contributed by atoms with Gasteiger partial charge in [-0.05, 0) is 38.8 Å². The monoisotopic (exact) mass is 346 g/mol. The third kappa shape index (κ3) is 2.61. The van der Waals surface area contributed by atoms with Crippen LogP contribution in [0.3, 0.4) is 0 Å². The van der Waals surface area contributed by atoms with Gasteiger partial charge in [0.25, 0.3) is 0 Å². The van der Waals surface area contributed by atoms with Gasteiger partial charge in [-0.15, -0.1) is 5.10 Å². The van der Waals surface area contributed by atoms with Crippen LogP contribution >= 0.6 is 0 Å². The molecule has 4 heteroatoms. The van der Waals surface area contributed by atoms with Crippen LogP contribution < -0.4 is 4.90 Å². The van der Waals surface area contributed by atoms with E-state index in [9.17, 15) is 0 Å². The maximum Gasteiger partial charge on any atom is 0.123 e. The summed E-state index contributed by atoms with van der Waals surface area (Å²) < 4.78 is 2.06. The maximum atomic E-state index is 4.63. The van der Waals surface area contributed by atoms with Crippen molar-refractivity contribution in [3.63, 3.8) is 0 Å². The molecule has 1 unspecified atom stereocenters. The average Bonchev–Trinajstić information content (AvgIpc) is 3.09. The molecule has 4 rings (SSSR count). The highest BCUT2D eigenvalue weighted by Crippen LogP contribution is 2.42. The van der Waals surface area contributed by atoms with E-state index in [2.05, 4.69) is 96.1 Å². The van der Waals surface area contributed by atoms with Gasteiger partial charge in [-0.2, -0.15) is 0 Å². The van der Waals surface area contributed by atoms with E-state index in [4.69, 9.17) is 0 Å². The molecule has 1 atom stereocenters. The normalized spacial score (nSPS) is 14.3. The van der Waals surface area contributed by atoms with Crippen LogP contribution in [-0.2, 0) is 6.54 Å². The van der Waals surface area contributed by atoms with Gasteiger partial charge >= 0.3 is 0 Å². The molecule has 1 aliphatic rings. The van der Waals surface area contributed by atoms with E-state index in [1.807, 2.05) is 0 Å². The maximum absolute atomic E-state index is 4.63. The van der Waals surface area contributed by atoms with E-state index in [1.54, 1.807) is 0 Å². The molecule has 0 aliphatic carbocycles. The summed E-state index contributed by atoms with van der Waals surface area (Å²) in [5.74, 6) is 0. The third-order valence-electron chi connectivity index (χ3n) is 5.39. The Morgan fingerprint density at radius 2 is 1.65 bits per heavy atom. The lowest BCUT2D eigenvalue weighted by atomic mass is 9.94. The first-order valence-corrected chi connectivity index (χ1v) is 9.51. The zero-order chi connectivity index (χ0) is 18.3. The molecule has 0 N–H and O–H groups in total. The van der Waals surface area contributed by atoms with Crippen molar-refractivity contribution in [2.45, 2.75) is 52.7 Å². The summed E-state index contributed by atoms with van der Waals surface area (Å²) in [6, 6.07) is 18.0. The number of hydrogen-bond acceptors (Lipinski definition) is 3. The van der Waals surface area contributed by atoms with Crippen molar-refractivity contribution >= 4 is 5.69 Å². The Morgan fingerprint density at radius 3 is 2.38 bits per heavy atom. The molecule has 2 aromatic carbocycles. The van der Waals surface area contributed by atoms with E-state index >= 15 is 0 Å². The van der Waals surface area contributed by atoms with Gasteiger partial charge in [0.2, 0.25) is 0 Å². The molecular weight excluding hydrogens is 320 g/mol. The van der Waals surface area contributed by atoms with Gasteiger partial charge in [0.15, 0.2) is 0 Å².